The van der Waals surface area contributed by atoms with Gasteiger partial charge in [0.2, 0.25) is 0 Å². The van der Waals surface area contributed by atoms with Crippen molar-refractivity contribution in [3.8, 4) is 11.1 Å². The van der Waals surface area contributed by atoms with Crippen LogP contribution < -0.4 is 0 Å². The number of benzene rings is 3. The van der Waals surface area contributed by atoms with Gasteiger partial charge in [0.15, 0.2) is 0 Å². The van der Waals surface area contributed by atoms with Crippen molar-refractivity contribution in [2.24, 2.45) is 5.92 Å². The van der Waals surface area contributed by atoms with Crippen LogP contribution in [0.1, 0.15) is 66.0 Å². The number of hydrogen-bond donors (Lipinski definition) is 0. The Morgan fingerprint density at radius 3 is 1.94 bits per heavy atom. The van der Waals surface area contributed by atoms with Crippen LogP contribution in [0.25, 0.3) is 11.1 Å². The van der Waals surface area contributed by atoms with Gasteiger partial charge in [0, 0.05) is 5.92 Å². The summed E-state index contributed by atoms with van der Waals surface area (Å²) in [6.07, 6.45) is 7.34. The zero-order valence-electron chi connectivity index (χ0n) is 19.4. The third-order valence-corrected chi connectivity index (χ3v) is 6.94. The summed E-state index contributed by atoms with van der Waals surface area (Å²) < 4.78 is 0. The molecule has 0 nitrogen and oxygen atoms in total. The maximum atomic E-state index is 3.00. The Kier molecular flexibility index (Phi) is 5.75. The summed E-state index contributed by atoms with van der Waals surface area (Å²) in [7, 11) is 0. The van der Waals surface area contributed by atoms with Crippen LogP contribution in [0.5, 0.6) is 0 Å². The van der Waals surface area contributed by atoms with Crippen molar-refractivity contribution in [3.63, 3.8) is 0 Å². The Morgan fingerprint density at radius 1 is 0.806 bits per heavy atom. The van der Waals surface area contributed by atoms with E-state index in [0.717, 1.165) is 0 Å². The fourth-order valence-corrected chi connectivity index (χ4v) is 6.01. The molecule has 0 saturated heterocycles. The van der Waals surface area contributed by atoms with Crippen LogP contribution in [0, 0.1) is 19.8 Å². The fraction of sp³-hybridized carbons (Fsp3) is 0.290. The van der Waals surface area contributed by atoms with E-state index in [9.17, 15) is 0 Å². The van der Waals surface area contributed by atoms with Gasteiger partial charge < -0.3 is 0 Å². The van der Waals surface area contributed by atoms with Gasteiger partial charge >= 0.3 is 0 Å². The predicted molar refractivity (Wildman–Crippen MR) is 135 cm³/mol. The van der Waals surface area contributed by atoms with Crippen LogP contribution in [-0.2, 0) is 5.41 Å². The minimum absolute atomic E-state index is 0.0169. The molecule has 2 unspecified atom stereocenters. The molecule has 3 aliphatic rings. The standard InChI is InChI=1S/C26H22.C3H8.C2H4/c1-16-10-12-20-21-13-11-17(2)15-25(21)26(24(20)14-16)22-8-4-3-6-18(22)19-7-5-9-23(19)26;1-3-2;1-2/h3-6,8-15,19,23H,7H2,1-2H3;3H2,1-2H3;1-2H2. The van der Waals surface area contributed by atoms with E-state index in [2.05, 4.69) is 114 Å². The van der Waals surface area contributed by atoms with Gasteiger partial charge in [-0.1, -0.05) is 104 Å². The first kappa shape index (κ1) is 21.4. The van der Waals surface area contributed by atoms with E-state index in [0.29, 0.717) is 11.8 Å². The van der Waals surface area contributed by atoms with Crippen molar-refractivity contribution < 1.29 is 0 Å². The molecule has 0 aliphatic heterocycles. The second-order valence-electron chi connectivity index (χ2n) is 9.00. The first-order valence-electron chi connectivity index (χ1n) is 11.6. The number of hydrogen-bond acceptors (Lipinski definition) is 0. The zero-order valence-corrected chi connectivity index (χ0v) is 19.4. The van der Waals surface area contributed by atoms with Gasteiger partial charge in [-0.25, -0.2) is 0 Å². The number of rotatable bonds is 0. The summed E-state index contributed by atoms with van der Waals surface area (Å²) in [6, 6.07) is 23.4. The van der Waals surface area contributed by atoms with E-state index in [4.69, 9.17) is 0 Å². The molecule has 0 radical (unpaired) electrons. The van der Waals surface area contributed by atoms with Crippen LogP contribution in [0.3, 0.4) is 0 Å². The highest BCUT2D eigenvalue weighted by atomic mass is 14.6. The summed E-state index contributed by atoms with van der Waals surface area (Å²) in [5.74, 6) is 1.15. The summed E-state index contributed by atoms with van der Waals surface area (Å²) in [4.78, 5) is 0. The Morgan fingerprint density at radius 2 is 1.35 bits per heavy atom. The first-order chi connectivity index (χ1) is 15.1. The Hall–Kier alpha value is -2.86. The molecule has 0 aromatic heterocycles. The SMILES string of the molecule is C=C.CCC.Cc1ccc2c(c1)C1(c3cc(C)ccc3-2)c2ccccc2C2CC=CC21. The molecule has 158 valence electrons. The smallest absolute Gasteiger partial charge is 0.0534 e. The fourth-order valence-electron chi connectivity index (χ4n) is 6.01. The minimum atomic E-state index is -0.0169. The highest BCUT2D eigenvalue weighted by Gasteiger charge is 2.57. The highest BCUT2D eigenvalue weighted by molar-refractivity contribution is 5.86. The molecule has 0 heteroatoms. The van der Waals surface area contributed by atoms with E-state index in [1.165, 1.54) is 51.8 Å². The lowest BCUT2D eigenvalue weighted by atomic mass is 9.67. The Labute approximate surface area is 188 Å². The maximum absolute atomic E-state index is 3.00. The van der Waals surface area contributed by atoms with Crippen molar-refractivity contribution in [3.05, 3.63) is 119 Å². The first-order valence-corrected chi connectivity index (χ1v) is 11.6. The molecule has 3 aromatic carbocycles. The van der Waals surface area contributed by atoms with Crippen molar-refractivity contribution in [2.45, 2.75) is 51.9 Å². The average molecular weight is 407 g/mol. The quantitative estimate of drug-likeness (QED) is 0.328. The second kappa shape index (κ2) is 8.35. The average Bonchev–Trinajstić information content (AvgIpc) is 3.44. The molecule has 2 atom stereocenters. The molecule has 0 amide bonds. The summed E-state index contributed by atoms with van der Waals surface area (Å²) in [5.41, 5.74) is 11.7. The lowest BCUT2D eigenvalue weighted by Gasteiger charge is -2.34. The number of allylic oxidation sites excluding steroid dienone is 2. The molecular weight excluding hydrogens is 372 g/mol. The lowest BCUT2D eigenvalue weighted by Crippen LogP contribution is -2.31. The summed E-state index contributed by atoms with van der Waals surface area (Å²) >= 11 is 0. The van der Waals surface area contributed by atoms with Crippen LogP contribution >= 0.6 is 0 Å². The molecule has 3 aromatic rings. The van der Waals surface area contributed by atoms with Gasteiger partial charge in [0.05, 0.1) is 5.41 Å². The lowest BCUT2D eigenvalue weighted by molar-refractivity contribution is 0.452. The molecule has 6 rings (SSSR count). The molecule has 1 spiro atoms. The maximum Gasteiger partial charge on any atom is 0.0534 e. The van der Waals surface area contributed by atoms with E-state index >= 15 is 0 Å². The van der Waals surface area contributed by atoms with E-state index in [-0.39, 0.29) is 5.41 Å². The van der Waals surface area contributed by atoms with E-state index < -0.39 is 0 Å². The van der Waals surface area contributed by atoms with Gasteiger partial charge in [0.1, 0.15) is 0 Å². The zero-order chi connectivity index (χ0) is 22.2. The largest absolute Gasteiger partial charge is 0.106 e. The van der Waals surface area contributed by atoms with Gasteiger partial charge in [-0.2, -0.15) is 0 Å². The molecule has 0 N–H and O–H groups in total. The van der Waals surface area contributed by atoms with Crippen molar-refractivity contribution in [1.82, 2.24) is 0 Å². The van der Waals surface area contributed by atoms with Crippen LogP contribution in [0.15, 0.2) is 86.0 Å². The third kappa shape index (κ3) is 2.96. The molecule has 0 saturated carbocycles. The minimum Gasteiger partial charge on any atom is -0.106 e. The van der Waals surface area contributed by atoms with Crippen molar-refractivity contribution >= 4 is 0 Å². The van der Waals surface area contributed by atoms with Gasteiger partial charge in [-0.05, 0) is 59.6 Å². The van der Waals surface area contributed by atoms with Gasteiger partial charge in [-0.15, -0.1) is 13.2 Å². The highest BCUT2D eigenvalue weighted by Crippen LogP contribution is 2.66. The molecule has 3 aliphatic carbocycles. The van der Waals surface area contributed by atoms with E-state index in [1.54, 1.807) is 5.56 Å². The van der Waals surface area contributed by atoms with Crippen molar-refractivity contribution in [2.75, 3.05) is 0 Å². The topological polar surface area (TPSA) is 0 Å². The second-order valence-corrected chi connectivity index (χ2v) is 9.00. The van der Waals surface area contributed by atoms with Gasteiger partial charge in [0.25, 0.3) is 0 Å². The normalized spacial score (nSPS) is 20.0. The predicted octanol–water partition coefficient (Wildman–Crippen LogP) is 8.51. The van der Waals surface area contributed by atoms with Crippen LogP contribution in [0.2, 0.25) is 0 Å². The van der Waals surface area contributed by atoms with Gasteiger partial charge in [-0.3, -0.25) is 0 Å². The third-order valence-electron chi connectivity index (χ3n) is 6.94. The molecule has 0 bridgehead atoms. The summed E-state index contributed by atoms with van der Waals surface area (Å²) in [5, 5.41) is 0. The number of fused-ring (bicyclic) bond motifs is 10. The Balaban J connectivity index is 0.000000429. The molecule has 31 heavy (non-hydrogen) atoms. The monoisotopic (exact) mass is 406 g/mol. The summed E-state index contributed by atoms with van der Waals surface area (Å²) in [6.45, 7) is 14.7. The van der Waals surface area contributed by atoms with E-state index in [1.807, 2.05) is 0 Å². The number of aryl methyl sites for hydroxylation is 2. The van der Waals surface area contributed by atoms with Crippen LogP contribution in [0.4, 0.5) is 0 Å². The van der Waals surface area contributed by atoms with Crippen LogP contribution in [-0.4, -0.2) is 0 Å². The molecule has 0 heterocycles. The molecule has 0 fully saturated rings. The molecular formula is C31H34. The Bertz CT molecular complexity index is 1080. The van der Waals surface area contributed by atoms with Crippen molar-refractivity contribution in [1.29, 1.82) is 0 Å².